The maximum absolute atomic E-state index is 14.5. The minimum atomic E-state index is -4.46. The largest absolute Gasteiger partial charge is 0.355 e. The van der Waals surface area contributed by atoms with E-state index in [1.807, 2.05) is 51.2 Å². The molecule has 2 heterocycles. The first-order valence-electron chi connectivity index (χ1n) is 20.9. The summed E-state index contributed by atoms with van der Waals surface area (Å²) >= 11 is 0. The molecule has 61 heavy (non-hydrogen) atoms. The van der Waals surface area contributed by atoms with Gasteiger partial charge in [-0.1, -0.05) is 56.2 Å². The zero-order valence-corrected chi connectivity index (χ0v) is 38.2. The molecule has 5 rings (SSSR count). The van der Waals surface area contributed by atoms with Gasteiger partial charge in [-0.15, -0.1) is 0 Å². The summed E-state index contributed by atoms with van der Waals surface area (Å²) in [7, 11) is -8.87. The Hall–Kier alpha value is -4.70. The molecule has 2 aromatic rings. The van der Waals surface area contributed by atoms with Crippen LogP contribution in [0, 0.1) is 12.3 Å². The first-order chi connectivity index (χ1) is 28.5. The molecule has 0 radical (unpaired) electrons. The van der Waals surface area contributed by atoms with Gasteiger partial charge in [-0.3, -0.25) is 18.7 Å². The number of nitrogens with one attached hydrogen (secondary N) is 2. The van der Waals surface area contributed by atoms with E-state index in [-0.39, 0.29) is 35.5 Å². The molecule has 330 valence electrons. The molecule has 0 saturated carbocycles. The fourth-order valence-electron chi connectivity index (χ4n) is 8.91. The monoisotopic (exact) mass is 877 g/mol. The first-order valence-corrected chi connectivity index (χ1v) is 24.0. The molecule has 1 atom stereocenters. The van der Waals surface area contributed by atoms with Gasteiger partial charge in [0, 0.05) is 60.6 Å². The van der Waals surface area contributed by atoms with Gasteiger partial charge in [-0.2, -0.15) is 21.4 Å². The molecule has 2 amide bonds. The average molecular weight is 878 g/mol. The van der Waals surface area contributed by atoms with Crippen molar-refractivity contribution in [2.45, 2.75) is 110 Å². The van der Waals surface area contributed by atoms with Crippen molar-refractivity contribution >= 4 is 54.9 Å². The summed E-state index contributed by atoms with van der Waals surface area (Å²) < 4.78 is 69.0. The molecule has 1 unspecified atom stereocenters. The van der Waals surface area contributed by atoms with Gasteiger partial charge in [-0.05, 0) is 108 Å². The van der Waals surface area contributed by atoms with Crippen LogP contribution < -0.4 is 15.5 Å². The number of unbranched alkanes of at least 4 members (excludes halogenated alkanes) is 2. The third-order valence-electron chi connectivity index (χ3n) is 12.1. The highest BCUT2D eigenvalue weighted by molar-refractivity contribution is 7.86. The highest BCUT2D eigenvalue weighted by atomic mass is 32.2. The molecule has 13 nitrogen and oxygen atoms in total. The van der Waals surface area contributed by atoms with Crippen molar-refractivity contribution in [2.75, 3.05) is 36.8 Å². The number of carbonyl (C=O) groups excluding carboxylic acids is 3. The number of amides is 2. The molecule has 4 N–H and O–H groups in total. The number of carbonyl (C=O) groups is 3. The molecule has 3 aliphatic rings. The van der Waals surface area contributed by atoms with Gasteiger partial charge in [0.05, 0.1) is 16.1 Å². The first kappa shape index (κ1) is 47.4. The van der Waals surface area contributed by atoms with Gasteiger partial charge in [-0.25, -0.2) is 0 Å². The number of anilines is 1. The zero-order valence-electron chi connectivity index (χ0n) is 36.6. The molecule has 0 spiro atoms. The molecular formula is C46H61N4O9S2+. The van der Waals surface area contributed by atoms with E-state index in [2.05, 4.69) is 66.0 Å². The minimum absolute atomic E-state index is 0.00634. The number of hydrogen-bond acceptors (Lipinski definition) is 8. The Kier molecular flexibility index (Phi) is 14.2. The Morgan fingerprint density at radius 2 is 1.52 bits per heavy atom. The lowest BCUT2D eigenvalue weighted by molar-refractivity contribution is -0.433. The molecule has 15 heteroatoms. The van der Waals surface area contributed by atoms with Gasteiger partial charge in [0.15, 0.2) is 5.71 Å². The molecule has 0 aromatic heterocycles. The predicted octanol–water partition coefficient (Wildman–Crippen LogP) is 6.80. The third-order valence-corrected chi connectivity index (χ3v) is 13.7. The number of Topliss-reactive ketones (excluding diaryl/α,β-unsaturated/α-hetero) is 1. The highest BCUT2D eigenvalue weighted by Crippen LogP contribution is 2.49. The van der Waals surface area contributed by atoms with Gasteiger partial charge < -0.3 is 20.3 Å². The maximum atomic E-state index is 14.5. The van der Waals surface area contributed by atoms with Crippen molar-refractivity contribution < 1.29 is 44.9 Å². The smallest absolute Gasteiger partial charge is 0.294 e. The second-order valence-corrected chi connectivity index (χ2v) is 20.4. The van der Waals surface area contributed by atoms with Crippen molar-refractivity contribution in [2.24, 2.45) is 5.41 Å². The molecular weight excluding hydrogens is 817 g/mol. The molecule has 2 aliphatic heterocycles. The van der Waals surface area contributed by atoms with E-state index in [1.165, 1.54) is 24.6 Å². The van der Waals surface area contributed by atoms with Crippen molar-refractivity contribution in [3.05, 3.63) is 100 Å². The molecule has 0 bridgehead atoms. The van der Waals surface area contributed by atoms with Gasteiger partial charge in [0.1, 0.15) is 17.7 Å². The number of hydrogen-bond donors (Lipinski definition) is 4. The van der Waals surface area contributed by atoms with Gasteiger partial charge in [0.25, 0.3) is 20.2 Å². The zero-order chi connectivity index (χ0) is 45.1. The Balaban J connectivity index is 1.62. The summed E-state index contributed by atoms with van der Waals surface area (Å²) in [5.74, 6) is -1.86. The van der Waals surface area contributed by atoms with E-state index in [0.29, 0.717) is 55.5 Å². The number of fused-ring (bicyclic) bond motifs is 2. The second-order valence-electron chi connectivity index (χ2n) is 17.4. The van der Waals surface area contributed by atoms with Crippen LogP contribution >= 0.6 is 0 Å². The number of aryl methyl sites for hydroxylation is 1. The van der Waals surface area contributed by atoms with Crippen LogP contribution in [0.25, 0.3) is 0 Å². The van der Waals surface area contributed by atoms with Crippen molar-refractivity contribution in [1.29, 1.82) is 0 Å². The van der Waals surface area contributed by atoms with Gasteiger partial charge >= 0.3 is 0 Å². The Morgan fingerprint density at radius 3 is 2.15 bits per heavy atom. The van der Waals surface area contributed by atoms with Crippen LogP contribution in [-0.2, 0) is 45.4 Å². The lowest BCUT2D eigenvalue weighted by Gasteiger charge is -2.35. The van der Waals surface area contributed by atoms with E-state index in [9.17, 15) is 40.3 Å². The summed E-state index contributed by atoms with van der Waals surface area (Å²) in [5.41, 5.74) is 5.35. The Labute approximate surface area is 361 Å². The number of allylic oxidation sites excluding steroid dienone is 8. The summed E-state index contributed by atoms with van der Waals surface area (Å²) in [4.78, 5) is 42.5. The van der Waals surface area contributed by atoms with Crippen LogP contribution in [0.5, 0.6) is 0 Å². The van der Waals surface area contributed by atoms with E-state index in [4.69, 9.17) is 0 Å². The highest BCUT2D eigenvalue weighted by Gasteiger charge is 2.49. The summed E-state index contributed by atoms with van der Waals surface area (Å²) in [6.07, 6.45) is 12.1. The van der Waals surface area contributed by atoms with Crippen molar-refractivity contribution in [1.82, 2.24) is 10.6 Å². The molecule has 0 fully saturated rings. The fraction of sp³-hybridized carbons (Fsp3) is 0.478. The standard InChI is InChI=1S/C46H60N4O9S2/c1-9-49-38-19-15-31(3)26-36(38)44(5,6)40(49)21-16-33-27-34(17-22-41-45(7,8)37-28-35(61(57,58)59)18-20-39(37)50(41)10-2)30-46(29-33,43(53)48-24-25-60(54,55)56)42(52)47-23-13-11-12-14-32(4)51/h15-22,26-28H,9-14,23-25,29-30H2,1-8H3,(H3-,47,48,52,53,54,55,56,57,58,59)/p+1. The number of rotatable bonds is 17. The Morgan fingerprint density at radius 1 is 0.836 bits per heavy atom. The molecule has 1 aliphatic carbocycles. The van der Waals surface area contributed by atoms with E-state index < -0.39 is 55.2 Å². The number of benzene rings is 2. The van der Waals surface area contributed by atoms with Crippen molar-refractivity contribution in [3.8, 4) is 0 Å². The van der Waals surface area contributed by atoms with E-state index >= 15 is 0 Å². The average Bonchev–Trinajstić information content (AvgIpc) is 3.53. The number of likely N-dealkylation sites (N-methyl/N-ethyl adjacent to an activating group) is 1. The predicted molar refractivity (Wildman–Crippen MR) is 239 cm³/mol. The van der Waals surface area contributed by atoms with Crippen LogP contribution in [0.4, 0.5) is 11.4 Å². The number of nitrogens with zero attached hydrogens (tertiary/aromatic N) is 2. The normalized spacial score (nSPS) is 20.9. The van der Waals surface area contributed by atoms with E-state index in [1.54, 1.807) is 6.07 Å². The molecule has 2 aromatic carbocycles. The summed E-state index contributed by atoms with van der Waals surface area (Å²) in [6, 6.07) is 11.0. The third kappa shape index (κ3) is 10.3. The maximum Gasteiger partial charge on any atom is 0.294 e. The minimum Gasteiger partial charge on any atom is -0.355 e. The van der Waals surface area contributed by atoms with Crippen LogP contribution in [-0.4, -0.2) is 85.8 Å². The number of ketones is 1. The van der Waals surface area contributed by atoms with Crippen molar-refractivity contribution in [3.63, 3.8) is 0 Å². The summed E-state index contributed by atoms with van der Waals surface area (Å²) in [6.45, 7) is 17.0. The van der Waals surface area contributed by atoms with Crippen LogP contribution in [0.1, 0.15) is 104 Å². The quantitative estimate of drug-likeness (QED) is 0.0570. The van der Waals surface area contributed by atoms with Crippen LogP contribution in [0.15, 0.2) is 88.5 Å². The molecule has 0 saturated heterocycles. The summed E-state index contributed by atoms with van der Waals surface area (Å²) in [5, 5.41) is 5.60. The fourth-order valence-corrected chi connectivity index (χ4v) is 9.77. The Bertz CT molecular complexity index is 2480. The lowest BCUT2D eigenvalue weighted by Crippen LogP contribution is -2.53. The van der Waals surface area contributed by atoms with E-state index in [0.717, 1.165) is 28.3 Å². The topological polar surface area (TPSA) is 190 Å². The lowest BCUT2D eigenvalue weighted by atomic mass is 9.70. The van der Waals surface area contributed by atoms with Crippen LogP contribution in [0.2, 0.25) is 0 Å². The van der Waals surface area contributed by atoms with Crippen LogP contribution in [0.3, 0.4) is 0 Å². The second kappa shape index (κ2) is 18.3. The van der Waals surface area contributed by atoms with Gasteiger partial charge in [0.2, 0.25) is 17.5 Å². The SMILES string of the molecule is CCN1C(=CC=C2C=C(C=CC3=[N+](CC)c4ccc(S(=O)(=O)O)cc4C3(C)C)CC(C(=O)NCCCCCC(C)=O)(C(=O)NCCS(=O)(=O)O)C2)C(C)(C)c2cc(C)ccc21.